The highest BCUT2D eigenvalue weighted by molar-refractivity contribution is 7.13. The molecule has 3 aromatic carbocycles. The molecule has 68 heavy (non-hydrogen) atoms. The van der Waals surface area contributed by atoms with Gasteiger partial charge in [0, 0.05) is 32.0 Å². The fourth-order valence-corrected chi connectivity index (χ4v) is 8.74. The second kappa shape index (κ2) is 25.2. The standard InChI is InChI=1S/C50H60N6O11S/c1-5-18-51-43(58)30-66-29-41-45(68-32-54-41)34-16-14-33(15-17-34)26-53-47(60)42-25-35(57)27-56(42)48(61)46(50(2,3)4)55-44(59)31-65-24-23-64-22-21-63-20-19-52-49(62)67-28-40-38-12-8-6-10-36(38)37-11-7-9-13-39(37)40/h1,6-17,32,35,40,42,46,57H,18-31H2,2-4H3,(H,51,58)(H,52,62)(H,53,60)(H,55,59)/t35-,42+,46-/m1/s1. The molecule has 2 heterocycles. The van der Waals surface area contributed by atoms with E-state index in [1.165, 1.54) is 16.2 Å². The van der Waals surface area contributed by atoms with Gasteiger partial charge in [0.1, 0.15) is 31.9 Å². The number of hydrogen-bond acceptors (Lipinski definition) is 13. The van der Waals surface area contributed by atoms with Gasteiger partial charge in [-0.05, 0) is 38.8 Å². The molecule has 17 nitrogen and oxygen atoms in total. The molecule has 362 valence electrons. The smallest absolute Gasteiger partial charge is 0.407 e. The molecule has 0 bridgehead atoms. The summed E-state index contributed by atoms with van der Waals surface area (Å²) in [5, 5.41) is 21.5. The number of alkyl carbamates (subject to hydrolysis) is 1. The van der Waals surface area contributed by atoms with Crippen LogP contribution in [0, 0.1) is 17.8 Å². The average Bonchev–Trinajstić information content (AvgIpc) is 4.05. The number of carbonyl (C=O) groups excluding carboxylic acids is 5. The third-order valence-electron chi connectivity index (χ3n) is 11.3. The zero-order valence-electron chi connectivity index (χ0n) is 38.6. The Labute approximate surface area is 400 Å². The van der Waals surface area contributed by atoms with Crippen molar-refractivity contribution in [2.24, 2.45) is 5.41 Å². The van der Waals surface area contributed by atoms with Crippen molar-refractivity contribution in [3.05, 3.63) is 101 Å². The number of aliphatic hydroxyl groups excluding tert-OH is 1. The maximum absolute atomic E-state index is 14.0. The van der Waals surface area contributed by atoms with Crippen LogP contribution in [0.5, 0.6) is 0 Å². The van der Waals surface area contributed by atoms with Crippen LogP contribution >= 0.6 is 11.3 Å². The minimum atomic E-state index is -1.01. The SMILES string of the molecule is C#CCNC(=O)COCc1ncsc1-c1ccc(CNC(=O)[C@@H]2C[C@@H](O)CN2C(=O)[C@@H](NC(=O)COCCOCCOCCNC(=O)OCC2c3ccccc3-c3ccccc32)C(C)(C)C)cc1. The van der Waals surface area contributed by atoms with Crippen molar-refractivity contribution in [3.8, 4) is 33.9 Å². The molecule has 0 radical (unpaired) electrons. The van der Waals surface area contributed by atoms with E-state index in [2.05, 4.69) is 56.4 Å². The summed E-state index contributed by atoms with van der Waals surface area (Å²) in [6.07, 6.45) is 3.79. The Balaban J connectivity index is 0.845. The van der Waals surface area contributed by atoms with Crippen LogP contribution in [0.1, 0.15) is 55.5 Å². The van der Waals surface area contributed by atoms with Crippen molar-refractivity contribution in [1.29, 1.82) is 0 Å². The molecule has 4 aromatic rings. The second-order valence-corrected chi connectivity index (χ2v) is 18.2. The number of nitrogens with one attached hydrogen (secondary N) is 4. The third kappa shape index (κ3) is 14.4. The Morgan fingerprint density at radius 2 is 1.49 bits per heavy atom. The largest absolute Gasteiger partial charge is 0.449 e. The summed E-state index contributed by atoms with van der Waals surface area (Å²) in [7, 11) is 0. The molecule has 0 saturated carbocycles. The van der Waals surface area contributed by atoms with Crippen molar-refractivity contribution >= 4 is 41.1 Å². The number of amides is 5. The number of aromatic nitrogens is 1. The van der Waals surface area contributed by atoms with Crippen molar-refractivity contribution in [2.75, 3.05) is 72.5 Å². The number of hydrogen-bond donors (Lipinski definition) is 5. The monoisotopic (exact) mass is 952 g/mol. The molecule has 1 fully saturated rings. The maximum Gasteiger partial charge on any atom is 0.407 e. The fraction of sp³-hybridized carbons (Fsp3) is 0.440. The van der Waals surface area contributed by atoms with Gasteiger partial charge in [-0.2, -0.15) is 0 Å². The lowest BCUT2D eigenvalue weighted by Gasteiger charge is -2.35. The fourth-order valence-electron chi connectivity index (χ4n) is 7.93. The van der Waals surface area contributed by atoms with Gasteiger partial charge in [-0.1, -0.05) is 99.5 Å². The van der Waals surface area contributed by atoms with Crippen LogP contribution in [-0.2, 0) is 56.0 Å². The number of terminal acetylenes is 1. The Morgan fingerprint density at radius 1 is 0.838 bits per heavy atom. The number of rotatable bonds is 24. The molecule has 2 aliphatic rings. The van der Waals surface area contributed by atoms with E-state index in [1.54, 1.807) is 26.3 Å². The van der Waals surface area contributed by atoms with Crippen LogP contribution in [0.3, 0.4) is 0 Å². The third-order valence-corrected chi connectivity index (χ3v) is 12.2. The second-order valence-electron chi connectivity index (χ2n) is 17.3. The minimum absolute atomic E-state index is 0.0191. The van der Waals surface area contributed by atoms with Crippen LogP contribution in [0.4, 0.5) is 4.79 Å². The Hall–Kier alpha value is -6.20. The van der Waals surface area contributed by atoms with Gasteiger partial charge in [0.05, 0.1) is 68.4 Å². The molecule has 1 aliphatic heterocycles. The lowest BCUT2D eigenvalue weighted by molar-refractivity contribution is -0.144. The first kappa shape index (κ1) is 51.2. The summed E-state index contributed by atoms with van der Waals surface area (Å²) < 4.78 is 27.7. The number of ether oxygens (including phenoxy) is 5. The Kier molecular flexibility index (Phi) is 19.0. The van der Waals surface area contributed by atoms with Crippen LogP contribution in [0.2, 0.25) is 0 Å². The Bertz CT molecular complexity index is 2330. The van der Waals surface area contributed by atoms with Crippen molar-refractivity contribution in [1.82, 2.24) is 31.2 Å². The van der Waals surface area contributed by atoms with Gasteiger partial charge in [-0.3, -0.25) is 19.2 Å². The number of carbonyl (C=O) groups is 5. The van der Waals surface area contributed by atoms with E-state index in [0.717, 1.165) is 38.3 Å². The average molecular weight is 953 g/mol. The number of fused-ring (bicyclic) bond motifs is 3. The van der Waals surface area contributed by atoms with Gasteiger partial charge in [0.15, 0.2) is 0 Å². The Morgan fingerprint density at radius 3 is 2.16 bits per heavy atom. The molecule has 1 saturated heterocycles. The number of thiazole rings is 1. The van der Waals surface area contributed by atoms with E-state index in [9.17, 15) is 29.1 Å². The summed E-state index contributed by atoms with van der Waals surface area (Å²) in [6.45, 7) is 6.96. The van der Waals surface area contributed by atoms with Crippen LogP contribution in [-0.4, -0.2) is 135 Å². The highest BCUT2D eigenvalue weighted by atomic mass is 32.1. The van der Waals surface area contributed by atoms with Crippen LogP contribution in [0.15, 0.2) is 78.3 Å². The molecule has 1 aromatic heterocycles. The van der Waals surface area contributed by atoms with Gasteiger partial charge in [-0.25, -0.2) is 9.78 Å². The molecule has 0 unspecified atom stereocenters. The van der Waals surface area contributed by atoms with Gasteiger partial charge in [0.2, 0.25) is 23.6 Å². The van der Waals surface area contributed by atoms with Crippen molar-refractivity contribution in [2.45, 2.75) is 64.4 Å². The lowest BCUT2D eigenvalue weighted by atomic mass is 9.85. The summed E-state index contributed by atoms with van der Waals surface area (Å²) >= 11 is 1.44. The molecule has 0 spiro atoms. The molecule has 3 atom stereocenters. The number of β-amino-alcohol motifs (C(OH)–C–C–N with tert-alkyl or cyclic N) is 1. The minimum Gasteiger partial charge on any atom is -0.449 e. The summed E-state index contributed by atoms with van der Waals surface area (Å²) in [6, 6.07) is 21.9. The number of benzene rings is 3. The first-order valence-electron chi connectivity index (χ1n) is 22.5. The molecule has 5 amide bonds. The van der Waals surface area contributed by atoms with Crippen molar-refractivity contribution < 1.29 is 52.8 Å². The van der Waals surface area contributed by atoms with E-state index in [0.29, 0.717) is 5.69 Å². The maximum atomic E-state index is 14.0. The van der Waals surface area contributed by atoms with Gasteiger partial charge >= 0.3 is 6.09 Å². The zero-order chi connectivity index (χ0) is 48.5. The zero-order valence-corrected chi connectivity index (χ0v) is 39.4. The highest BCUT2D eigenvalue weighted by Gasteiger charge is 2.44. The topological polar surface area (TPSA) is 216 Å². The number of aliphatic hydroxyl groups is 1. The predicted octanol–water partition coefficient (Wildman–Crippen LogP) is 3.77. The molecular weight excluding hydrogens is 893 g/mol. The number of likely N-dealkylation sites (tertiary alicyclic amines) is 1. The first-order valence-corrected chi connectivity index (χ1v) is 23.4. The molecule has 1 aliphatic carbocycles. The molecule has 18 heteroatoms. The predicted molar refractivity (Wildman–Crippen MR) is 254 cm³/mol. The van der Waals surface area contributed by atoms with E-state index < -0.39 is 47.4 Å². The molecule has 5 N–H and O–H groups in total. The van der Waals surface area contributed by atoms with E-state index in [1.807, 2.05) is 48.5 Å². The van der Waals surface area contributed by atoms with Crippen LogP contribution < -0.4 is 21.3 Å². The highest BCUT2D eigenvalue weighted by Crippen LogP contribution is 2.44. The summed E-state index contributed by atoms with van der Waals surface area (Å²) in [5.41, 5.74) is 7.96. The quantitative estimate of drug-likeness (QED) is 0.0502. The van der Waals surface area contributed by atoms with Gasteiger partial charge in [0.25, 0.3) is 0 Å². The number of nitrogens with zero attached hydrogens (tertiary/aromatic N) is 2. The molecule has 6 rings (SSSR count). The van der Waals surface area contributed by atoms with E-state index in [4.69, 9.17) is 30.1 Å². The molecular formula is C50H60N6O11S. The van der Waals surface area contributed by atoms with Gasteiger partial charge < -0.3 is 55.0 Å². The first-order chi connectivity index (χ1) is 32.8. The van der Waals surface area contributed by atoms with Gasteiger partial charge in [-0.15, -0.1) is 17.8 Å². The van der Waals surface area contributed by atoms with E-state index >= 15 is 0 Å². The normalized spacial score (nSPS) is 15.7. The van der Waals surface area contributed by atoms with E-state index in [-0.39, 0.29) is 104 Å². The summed E-state index contributed by atoms with van der Waals surface area (Å²) in [5.74, 6) is 0.574. The van der Waals surface area contributed by atoms with Crippen LogP contribution in [0.25, 0.3) is 21.6 Å². The lowest BCUT2D eigenvalue weighted by Crippen LogP contribution is -2.58. The summed E-state index contributed by atoms with van der Waals surface area (Å²) in [4.78, 5) is 71.3. The van der Waals surface area contributed by atoms with Crippen molar-refractivity contribution in [3.63, 3.8) is 0 Å².